The summed E-state index contributed by atoms with van der Waals surface area (Å²) in [6.07, 6.45) is 2.41. The summed E-state index contributed by atoms with van der Waals surface area (Å²) in [4.78, 5) is 30.8. The second-order valence-electron chi connectivity index (χ2n) is 8.26. The number of ether oxygens (including phenoxy) is 1. The van der Waals surface area contributed by atoms with Gasteiger partial charge in [0.1, 0.15) is 28.3 Å². The first-order chi connectivity index (χ1) is 17.6. The summed E-state index contributed by atoms with van der Waals surface area (Å²) in [6, 6.07) is 11.3. The average molecular weight is 541 g/mol. The maximum atomic E-state index is 12.4. The van der Waals surface area contributed by atoms with Gasteiger partial charge in [-0.25, -0.2) is 4.98 Å². The molecule has 0 aliphatic carbocycles. The number of carbonyl (C=O) groups excluding carboxylic acids is 1. The highest BCUT2D eigenvalue weighted by molar-refractivity contribution is 8.77. The Hall–Kier alpha value is -3.05. The van der Waals surface area contributed by atoms with Gasteiger partial charge >= 0.3 is 6.01 Å². The molecule has 0 bridgehead atoms. The number of hydrogen-bond donors (Lipinski definition) is 2. The third kappa shape index (κ3) is 6.19. The van der Waals surface area contributed by atoms with Crippen molar-refractivity contribution in [1.29, 1.82) is 5.26 Å². The number of benzene rings is 1. The number of nitriles is 1. The molecule has 2 aliphatic rings. The zero-order chi connectivity index (χ0) is 24.9. The van der Waals surface area contributed by atoms with Crippen molar-refractivity contribution >= 4 is 61.3 Å². The minimum Gasteiger partial charge on any atom is -0.424 e. The van der Waals surface area contributed by atoms with Gasteiger partial charge in [0.2, 0.25) is 5.91 Å². The van der Waals surface area contributed by atoms with Crippen LogP contribution in [-0.2, 0) is 4.79 Å². The molecule has 36 heavy (non-hydrogen) atoms. The molecule has 1 amide bonds. The van der Waals surface area contributed by atoms with Crippen molar-refractivity contribution in [3.63, 3.8) is 0 Å². The number of piperazine rings is 1. The molecule has 3 aromatic rings. The summed E-state index contributed by atoms with van der Waals surface area (Å²) < 4.78 is 6.01. The SMILES string of the molecule is CN1CCN(c2cc(Nc3ncc(C#N)s3)nc(Oc3ccc(NC(=O)C4CCSS4)cc3)n2)CC1. The lowest BCUT2D eigenvalue weighted by Gasteiger charge is -2.33. The lowest BCUT2D eigenvalue weighted by atomic mass is 10.2. The largest absolute Gasteiger partial charge is 0.424 e. The fraction of sp³-hybridized carbons (Fsp3) is 0.348. The highest BCUT2D eigenvalue weighted by Crippen LogP contribution is 2.38. The van der Waals surface area contributed by atoms with Crippen LogP contribution in [0.25, 0.3) is 0 Å². The number of aromatic nitrogens is 3. The fourth-order valence-electron chi connectivity index (χ4n) is 3.66. The number of hydrogen-bond acceptors (Lipinski definition) is 12. The molecule has 5 rings (SSSR count). The quantitative estimate of drug-likeness (QED) is 0.420. The van der Waals surface area contributed by atoms with Crippen LogP contribution in [0.3, 0.4) is 0 Å². The molecular weight excluding hydrogens is 517 g/mol. The molecule has 2 aliphatic heterocycles. The van der Waals surface area contributed by atoms with Crippen molar-refractivity contribution in [2.24, 2.45) is 0 Å². The van der Waals surface area contributed by atoms with Gasteiger partial charge in [-0.15, -0.1) is 0 Å². The molecule has 10 nitrogen and oxygen atoms in total. The number of anilines is 4. The van der Waals surface area contributed by atoms with Crippen LogP contribution in [0.15, 0.2) is 36.5 Å². The number of amides is 1. The van der Waals surface area contributed by atoms with E-state index in [1.54, 1.807) is 33.7 Å². The topological polar surface area (TPSA) is 119 Å². The zero-order valence-corrected chi connectivity index (χ0v) is 22.0. The molecule has 1 atom stereocenters. The van der Waals surface area contributed by atoms with E-state index in [0.29, 0.717) is 21.6 Å². The Kier molecular flexibility index (Phi) is 7.76. The van der Waals surface area contributed by atoms with E-state index in [1.165, 1.54) is 17.5 Å². The molecule has 186 valence electrons. The molecule has 2 fully saturated rings. The summed E-state index contributed by atoms with van der Waals surface area (Å²) in [5, 5.41) is 15.8. The Bertz CT molecular complexity index is 1250. The minimum absolute atomic E-state index is 0.00960. The van der Waals surface area contributed by atoms with Gasteiger partial charge in [0.25, 0.3) is 0 Å². The summed E-state index contributed by atoms with van der Waals surface area (Å²) >= 11 is 1.25. The third-order valence-electron chi connectivity index (χ3n) is 5.64. The summed E-state index contributed by atoms with van der Waals surface area (Å²) in [5.41, 5.74) is 0.719. The van der Waals surface area contributed by atoms with Crippen LogP contribution in [0.4, 0.5) is 22.5 Å². The van der Waals surface area contributed by atoms with Crippen LogP contribution in [-0.4, -0.2) is 70.0 Å². The van der Waals surface area contributed by atoms with Gasteiger partial charge in [-0.3, -0.25) is 4.79 Å². The Labute approximate surface area is 220 Å². The van der Waals surface area contributed by atoms with E-state index in [4.69, 9.17) is 10.00 Å². The van der Waals surface area contributed by atoms with Crippen LogP contribution in [0.1, 0.15) is 11.3 Å². The molecule has 0 spiro atoms. The van der Waals surface area contributed by atoms with E-state index >= 15 is 0 Å². The van der Waals surface area contributed by atoms with Crippen molar-refractivity contribution in [2.45, 2.75) is 11.7 Å². The number of rotatable bonds is 7. The Morgan fingerprint density at radius 3 is 2.69 bits per heavy atom. The number of carbonyl (C=O) groups is 1. The van der Waals surface area contributed by atoms with Gasteiger partial charge < -0.3 is 25.2 Å². The van der Waals surface area contributed by atoms with E-state index in [-0.39, 0.29) is 17.2 Å². The smallest absolute Gasteiger partial charge is 0.325 e. The van der Waals surface area contributed by atoms with E-state index < -0.39 is 0 Å². The average Bonchev–Trinajstić information content (AvgIpc) is 3.58. The first-order valence-electron chi connectivity index (χ1n) is 11.4. The molecule has 0 saturated carbocycles. The number of nitrogens with zero attached hydrogens (tertiary/aromatic N) is 6. The zero-order valence-electron chi connectivity index (χ0n) is 19.5. The molecule has 2 saturated heterocycles. The van der Waals surface area contributed by atoms with E-state index in [1.807, 2.05) is 18.2 Å². The number of likely N-dealkylation sites (N-methyl/N-ethyl adjacent to an activating group) is 1. The molecule has 1 unspecified atom stereocenters. The summed E-state index contributed by atoms with van der Waals surface area (Å²) in [7, 11) is 5.46. The van der Waals surface area contributed by atoms with Gasteiger partial charge in [0.05, 0.1) is 11.4 Å². The van der Waals surface area contributed by atoms with E-state index in [0.717, 1.165) is 49.9 Å². The standard InChI is InChI=1S/C23H24N8O2S3/c1-30-7-9-31(10-8-30)20-12-19(28-23-25-14-17(13-24)35-23)27-22(29-20)33-16-4-2-15(3-5-16)26-21(32)18-6-11-34-36-18/h2-5,12,14,18H,6-11H2,1H3,(H,26,32)(H,25,27,28,29). The first kappa shape index (κ1) is 24.6. The Balaban J connectivity index is 1.33. The monoisotopic (exact) mass is 540 g/mol. The van der Waals surface area contributed by atoms with Crippen molar-refractivity contribution in [3.05, 3.63) is 41.4 Å². The highest BCUT2D eigenvalue weighted by Gasteiger charge is 2.24. The van der Waals surface area contributed by atoms with Crippen LogP contribution in [0.2, 0.25) is 0 Å². The Morgan fingerprint density at radius 2 is 2.00 bits per heavy atom. The normalized spacial score (nSPS) is 18.0. The van der Waals surface area contributed by atoms with Crippen LogP contribution in [0, 0.1) is 11.3 Å². The van der Waals surface area contributed by atoms with E-state index in [9.17, 15) is 4.79 Å². The van der Waals surface area contributed by atoms with Gasteiger partial charge in [-0.2, -0.15) is 15.2 Å². The molecule has 13 heteroatoms. The van der Waals surface area contributed by atoms with Crippen LogP contribution < -0.4 is 20.3 Å². The van der Waals surface area contributed by atoms with Gasteiger partial charge in [0, 0.05) is 43.7 Å². The highest BCUT2D eigenvalue weighted by atomic mass is 33.1. The van der Waals surface area contributed by atoms with Gasteiger partial charge in [-0.1, -0.05) is 32.9 Å². The van der Waals surface area contributed by atoms with Crippen molar-refractivity contribution in [3.8, 4) is 17.8 Å². The fourth-order valence-corrected chi connectivity index (χ4v) is 7.00. The molecular formula is C23H24N8O2S3. The maximum Gasteiger partial charge on any atom is 0.325 e. The summed E-state index contributed by atoms with van der Waals surface area (Å²) in [5.74, 6) is 2.87. The van der Waals surface area contributed by atoms with Crippen molar-refractivity contribution in [2.75, 3.05) is 54.5 Å². The second kappa shape index (κ2) is 11.3. The Morgan fingerprint density at radius 1 is 1.19 bits per heavy atom. The lowest BCUT2D eigenvalue weighted by molar-refractivity contribution is -0.115. The molecule has 2 aromatic heterocycles. The summed E-state index contributed by atoms with van der Waals surface area (Å²) in [6.45, 7) is 3.56. The third-order valence-corrected chi connectivity index (χ3v) is 9.28. The van der Waals surface area contributed by atoms with Crippen molar-refractivity contribution < 1.29 is 9.53 Å². The van der Waals surface area contributed by atoms with Crippen LogP contribution >= 0.6 is 32.9 Å². The van der Waals surface area contributed by atoms with Crippen molar-refractivity contribution in [1.82, 2.24) is 19.9 Å². The first-order valence-corrected chi connectivity index (χ1v) is 14.6. The number of nitrogens with one attached hydrogen (secondary N) is 2. The predicted molar refractivity (Wildman–Crippen MR) is 145 cm³/mol. The van der Waals surface area contributed by atoms with Gasteiger partial charge in [0.15, 0.2) is 5.13 Å². The maximum absolute atomic E-state index is 12.4. The minimum atomic E-state index is -0.00960. The molecule has 0 radical (unpaired) electrons. The predicted octanol–water partition coefficient (Wildman–Crippen LogP) is 4.18. The van der Waals surface area contributed by atoms with E-state index in [2.05, 4.69) is 48.5 Å². The number of thiazole rings is 1. The molecule has 2 N–H and O–H groups in total. The van der Waals surface area contributed by atoms with Crippen LogP contribution in [0.5, 0.6) is 11.8 Å². The van der Waals surface area contributed by atoms with Gasteiger partial charge in [-0.05, 0) is 37.7 Å². The lowest BCUT2D eigenvalue weighted by Crippen LogP contribution is -2.44. The molecule has 1 aromatic carbocycles. The molecule has 4 heterocycles. The second-order valence-corrected chi connectivity index (χ2v) is 12.0.